The predicted octanol–water partition coefficient (Wildman–Crippen LogP) is 0.571. The second kappa shape index (κ2) is 3.79. The number of nitrogens with zero attached hydrogens (tertiary/aromatic N) is 1. The van der Waals surface area contributed by atoms with E-state index in [2.05, 4.69) is 0 Å². The molecule has 14 heavy (non-hydrogen) atoms. The van der Waals surface area contributed by atoms with Crippen molar-refractivity contribution in [3.8, 4) is 0 Å². The third-order valence-corrected chi connectivity index (χ3v) is 5.26. The first kappa shape index (κ1) is 11.9. The van der Waals surface area contributed by atoms with Crippen molar-refractivity contribution in [1.82, 2.24) is 4.31 Å². The van der Waals surface area contributed by atoms with Gasteiger partial charge in [0.2, 0.25) is 10.0 Å². The summed E-state index contributed by atoms with van der Waals surface area (Å²) in [5.74, 6) is 0. The topological polar surface area (TPSA) is 57.6 Å². The Morgan fingerprint density at radius 2 is 2.00 bits per heavy atom. The van der Waals surface area contributed by atoms with Crippen molar-refractivity contribution in [1.29, 1.82) is 0 Å². The monoisotopic (exact) mass is 221 g/mol. The molecule has 1 fully saturated rings. The maximum atomic E-state index is 12.0. The SMILES string of the molecule is CC(C)(C)S(=O)(=O)N1CCC[C@@H]1CO. The van der Waals surface area contributed by atoms with Crippen molar-refractivity contribution in [2.24, 2.45) is 0 Å². The van der Waals surface area contributed by atoms with Crippen LogP contribution in [0, 0.1) is 0 Å². The molecule has 84 valence electrons. The van der Waals surface area contributed by atoms with E-state index in [0.717, 1.165) is 12.8 Å². The Bertz CT molecular complexity index is 292. The van der Waals surface area contributed by atoms with Gasteiger partial charge in [-0.3, -0.25) is 0 Å². The van der Waals surface area contributed by atoms with Crippen molar-refractivity contribution in [2.45, 2.75) is 44.4 Å². The normalized spacial score (nSPS) is 25.6. The van der Waals surface area contributed by atoms with Gasteiger partial charge in [-0.1, -0.05) is 0 Å². The molecular weight excluding hydrogens is 202 g/mol. The lowest BCUT2D eigenvalue weighted by Crippen LogP contribution is -2.46. The van der Waals surface area contributed by atoms with Crippen LogP contribution in [-0.2, 0) is 10.0 Å². The average Bonchev–Trinajstić information content (AvgIpc) is 2.49. The van der Waals surface area contributed by atoms with Crippen molar-refractivity contribution in [3.63, 3.8) is 0 Å². The molecule has 0 bridgehead atoms. The average molecular weight is 221 g/mol. The summed E-state index contributed by atoms with van der Waals surface area (Å²) >= 11 is 0. The molecule has 1 saturated heterocycles. The van der Waals surface area contributed by atoms with Gasteiger partial charge in [-0.05, 0) is 33.6 Å². The van der Waals surface area contributed by atoms with Crippen molar-refractivity contribution in [2.75, 3.05) is 13.2 Å². The number of aliphatic hydroxyl groups excluding tert-OH is 1. The minimum Gasteiger partial charge on any atom is -0.395 e. The summed E-state index contributed by atoms with van der Waals surface area (Å²) in [5, 5.41) is 9.06. The smallest absolute Gasteiger partial charge is 0.219 e. The molecule has 5 heteroatoms. The molecule has 1 aliphatic heterocycles. The number of rotatable bonds is 2. The van der Waals surface area contributed by atoms with Crippen LogP contribution in [-0.4, -0.2) is 41.8 Å². The Hall–Kier alpha value is -0.130. The Kier molecular flexibility index (Phi) is 3.23. The quantitative estimate of drug-likeness (QED) is 0.741. The third kappa shape index (κ3) is 1.94. The molecule has 1 atom stereocenters. The van der Waals surface area contributed by atoms with Crippen LogP contribution in [0.5, 0.6) is 0 Å². The van der Waals surface area contributed by atoms with Gasteiger partial charge in [0.25, 0.3) is 0 Å². The van der Waals surface area contributed by atoms with E-state index in [1.54, 1.807) is 20.8 Å². The zero-order valence-electron chi connectivity index (χ0n) is 9.02. The largest absolute Gasteiger partial charge is 0.395 e. The molecule has 1 rings (SSSR count). The van der Waals surface area contributed by atoms with Crippen LogP contribution in [0.4, 0.5) is 0 Å². The van der Waals surface area contributed by atoms with E-state index < -0.39 is 14.8 Å². The molecule has 1 aliphatic rings. The Labute approximate surface area is 86.0 Å². The summed E-state index contributed by atoms with van der Waals surface area (Å²) in [4.78, 5) is 0. The van der Waals surface area contributed by atoms with Gasteiger partial charge in [0.05, 0.1) is 11.4 Å². The predicted molar refractivity (Wildman–Crippen MR) is 55.5 cm³/mol. The molecule has 1 N–H and O–H groups in total. The third-order valence-electron chi connectivity index (χ3n) is 2.62. The first-order valence-electron chi connectivity index (χ1n) is 4.93. The number of aliphatic hydroxyl groups is 1. The van der Waals surface area contributed by atoms with Gasteiger partial charge in [0.1, 0.15) is 0 Å². The lowest BCUT2D eigenvalue weighted by molar-refractivity contribution is 0.211. The summed E-state index contributed by atoms with van der Waals surface area (Å²) in [6, 6.07) is -0.209. The Morgan fingerprint density at radius 1 is 1.43 bits per heavy atom. The fraction of sp³-hybridized carbons (Fsp3) is 1.00. The van der Waals surface area contributed by atoms with Gasteiger partial charge in [0.15, 0.2) is 0 Å². The van der Waals surface area contributed by atoms with Gasteiger partial charge >= 0.3 is 0 Å². The summed E-state index contributed by atoms with van der Waals surface area (Å²) in [7, 11) is -3.26. The molecule has 0 aromatic carbocycles. The zero-order chi connectivity index (χ0) is 11.0. The van der Waals surface area contributed by atoms with E-state index in [1.807, 2.05) is 0 Å². The van der Waals surface area contributed by atoms with E-state index in [-0.39, 0.29) is 12.6 Å². The summed E-state index contributed by atoms with van der Waals surface area (Å²) in [6.45, 7) is 5.54. The summed E-state index contributed by atoms with van der Waals surface area (Å²) in [5.41, 5.74) is 0. The van der Waals surface area contributed by atoms with Crippen LogP contribution in [0.15, 0.2) is 0 Å². The van der Waals surface area contributed by atoms with E-state index >= 15 is 0 Å². The molecular formula is C9H19NO3S. The number of sulfonamides is 1. The molecule has 0 amide bonds. The highest BCUT2D eigenvalue weighted by Gasteiger charge is 2.40. The standard InChI is InChI=1S/C9H19NO3S/c1-9(2,3)14(12,13)10-6-4-5-8(10)7-11/h8,11H,4-7H2,1-3H3/t8-/m1/s1. The van der Waals surface area contributed by atoms with Crippen molar-refractivity contribution < 1.29 is 13.5 Å². The second-order valence-electron chi connectivity index (χ2n) is 4.71. The number of hydrogen-bond acceptors (Lipinski definition) is 3. The van der Waals surface area contributed by atoms with Crippen LogP contribution in [0.3, 0.4) is 0 Å². The van der Waals surface area contributed by atoms with Gasteiger partial charge in [-0.25, -0.2) is 8.42 Å². The Balaban J connectivity index is 2.93. The lowest BCUT2D eigenvalue weighted by atomic mass is 10.2. The van der Waals surface area contributed by atoms with E-state index in [4.69, 9.17) is 5.11 Å². The highest BCUT2D eigenvalue weighted by atomic mass is 32.2. The minimum absolute atomic E-state index is 0.0741. The Morgan fingerprint density at radius 3 is 2.43 bits per heavy atom. The highest BCUT2D eigenvalue weighted by molar-refractivity contribution is 7.90. The fourth-order valence-corrected chi connectivity index (χ4v) is 3.30. The molecule has 0 aromatic heterocycles. The second-order valence-corrected chi connectivity index (χ2v) is 7.35. The number of hydrogen-bond donors (Lipinski definition) is 1. The van der Waals surface area contributed by atoms with Crippen LogP contribution in [0.1, 0.15) is 33.6 Å². The van der Waals surface area contributed by atoms with E-state index in [0.29, 0.717) is 6.54 Å². The van der Waals surface area contributed by atoms with Crippen molar-refractivity contribution >= 4 is 10.0 Å². The van der Waals surface area contributed by atoms with Crippen LogP contribution in [0.2, 0.25) is 0 Å². The molecule has 4 nitrogen and oxygen atoms in total. The van der Waals surface area contributed by atoms with Gasteiger partial charge in [0, 0.05) is 12.6 Å². The molecule has 0 radical (unpaired) electrons. The first-order chi connectivity index (χ1) is 6.30. The molecule has 0 aliphatic carbocycles. The minimum atomic E-state index is -3.26. The lowest BCUT2D eigenvalue weighted by Gasteiger charge is -2.30. The molecule has 1 heterocycles. The van der Waals surface area contributed by atoms with E-state index in [1.165, 1.54) is 4.31 Å². The van der Waals surface area contributed by atoms with Gasteiger partial charge < -0.3 is 5.11 Å². The van der Waals surface area contributed by atoms with Crippen LogP contribution < -0.4 is 0 Å². The maximum Gasteiger partial charge on any atom is 0.219 e. The van der Waals surface area contributed by atoms with Gasteiger partial charge in [-0.15, -0.1) is 0 Å². The first-order valence-corrected chi connectivity index (χ1v) is 6.37. The van der Waals surface area contributed by atoms with Gasteiger partial charge in [-0.2, -0.15) is 4.31 Å². The summed E-state index contributed by atoms with van der Waals surface area (Å²) in [6.07, 6.45) is 1.62. The van der Waals surface area contributed by atoms with Crippen LogP contribution in [0.25, 0.3) is 0 Å². The molecule has 0 aromatic rings. The maximum absolute atomic E-state index is 12.0. The molecule has 0 unspecified atom stereocenters. The highest BCUT2D eigenvalue weighted by Crippen LogP contribution is 2.28. The van der Waals surface area contributed by atoms with Crippen LogP contribution >= 0.6 is 0 Å². The zero-order valence-corrected chi connectivity index (χ0v) is 9.84. The van der Waals surface area contributed by atoms with E-state index in [9.17, 15) is 8.42 Å². The van der Waals surface area contributed by atoms with Crippen molar-refractivity contribution in [3.05, 3.63) is 0 Å². The summed E-state index contributed by atoms with van der Waals surface area (Å²) < 4.78 is 24.8. The fourth-order valence-electron chi connectivity index (χ4n) is 1.66. The molecule has 0 spiro atoms. The molecule has 0 saturated carbocycles.